The average molecular weight is 335 g/mol. The van der Waals surface area contributed by atoms with Gasteiger partial charge in [-0.1, -0.05) is 0 Å². The third kappa shape index (κ3) is 3.48. The zero-order valence-corrected chi connectivity index (χ0v) is 13.3. The quantitative estimate of drug-likeness (QED) is 0.926. The summed E-state index contributed by atoms with van der Waals surface area (Å²) < 4.78 is 27.3. The molecule has 0 aliphatic heterocycles. The van der Waals surface area contributed by atoms with Gasteiger partial charge in [0, 0.05) is 32.9 Å². The molecule has 0 unspecified atom stereocenters. The molecular weight excluding hydrogens is 320 g/mol. The smallest absolute Gasteiger partial charge is 0.274 e. The minimum atomic E-state index is -1.17. The Morgan fingerprint density at radius 2 is 1.75 bits per heavy atom. The predicted octanol–water partition coefficient (Wildman–Crippen LogP) is 1.62. The molecular formula is C16H15F2N3O3. The number of aromatic nitrogens is 1. The number of aryl methyl sites for hydroxylation is 1. The van der Waals surface area contributed by atoms with Crippen LogP contribution >= 0.6 is 0 Å². The Kier molecular flexibility index (Phi) is 4.77. The lowest BCUT2D eigenvalue weighted by atomic mass is 10.2. The minimum absolute atomic E-state index is 0.139. The number of benzene rings is 1. The van der Waals surface area contributed by atoms with Crippen molar-refractivity contribution in [1.82, 2.24) is 9.47 Å². The highest BCUT2D eigenvalue weighted by atomic mass is 19.2. The molecule has 8 heteroatoms. The Labute approximate surface area is 136 Å². The molecule has 24 heavy (non-hydrogen) atoms. The highest BCUT2D eigenvalue weighted by Gasteiger charge is 2.16. The fourth-order valence-electron chi connectivity index (χ4n) is 2.01. The van der Waals surface area contributed by atoms with E-state index in [2.05, 4.69) is 5.32 Å². The zero-order chi connectivity index (χ0) is 18.0. The summed E-state index contributed by atoms with van der Waals surface area (Å²) in [7, 11) is 4.53. The summed E-state index contributed by atoms with van der Waals surface area (Å²) in [5.41, 5.74) is -0.635. The van der Waals surface area contributed by atoms with Crippen molar-refractivity contribution in [2.75, 3.05) is 19.4 Å². The number of halogens is 2. The van der Waals surface area contributed by atoms with Crippen molar-refractivity contribution in [1.29, 1.82) is 0 Å². The molecule has 0 fully saturated rings. The summed E-state index contributed by atoms with van der Waals surface area (Å²) in [4.78, 5) is 37.5. The Morgan fingerprint density at radius 1 is 1.08 bits per heavy atom. The number of anilines is 1. The molecule has 0 bridgehead atoms. The molecule has 2 aromatic rings. The van der Waals surface area contributed by atoms with Gasteiger partial charge in [-0.25, -0.2) is 8.78 Å². The first-order valence-electron chi connectivity index (χ1n) is 6.89. The first-order chi connectivity index (χ1) is 11.2. The van der Waals surface area contributed by atoms with Gasteiger partial charge >= 0.3 is 0 Å². The van der Waals surface area contributed by atoms with Crippen molar-refractivity contribution in [2.45, 2.75) is 0 Å². The van der Waals surface area contributed by atoms with E-state index >= 15 is 0 Å². The molecule has 0 saturated carbocycles. The SMILES string of the molecule is CN(C)C(=O)c1cc(NC(=O)c2ccc(F)c(F)c2)c(=O)n(C)c1. The van der Waals surface area contributed by atoms with Crippen molar-refractivity contribution in [3.05, 3.63) is 63.6 Å². The largest absolute Gasteiger partial charge is 0.345 e. The van der Waals surface area contributed by atoms with Crippen molar-refractivity contribution < 1.29 is 18.4 Å². The van der Waals surface area contributed by atoms with E-state index in [0.717, 1.165) is 22.8 Å². The van der Waals surface area contributed by atoms with Crippen LogP contribution in [0.5, 0.6) is 0 Å². The second kappa shape index (κ2) is 6.61. The molecule has 0 spiro atoms. The van der Waals surface area contributed by atoms with Gasteiger partial charge in [0.15, 0.2) is 11.6 Å². The van der Waals surface area contributed by atoms with E-state index in [0.29, 0.717) is 0 Å². The average Bonchev–Trinajstić information content (AvgIpc) is 2.53. The number of carbonyl (C=O) groups excluding carboxylic acids is 2. The molecule has 1 aromatic carbocycles. The number of hydrogen-bond donors (Lipinski definition) is 1. The van der Waals surface area contributed by atoms with Crippen LogP contribution in [0.1, 0.15) is 20.7 Å². The van der Waals surface area contributed by atoms with Crippen LogP contribution in [0.25, 0.3) is 0 Å². The van der Waals surface area contributed by atoms with E-state index in [4.69, 9.17) is 0 Å². The predicted molar refractivity (Wildman–Crippen MR) is 84.0 cm³/mol. The van der Waals surface area contributed by atoms with Crippen LogP contribution in [-0.2, 0) is 7.05 Å². The van der Waals surface area contributed by atoms with Crippen molar-refractivity contribution in [3.8, 4) is 0 Å². The number of nitrogens with zero attached hydrogens (tertiary/aromatic N) is 2. The van der Waals surface area contributed by atoms with Gasteiger partial charge in [-0.3, -0.25) is 14.4 Å². The fraction of sp³-hybridized carbons (Fsp3) is 0.188. The first-order valence-corrected chi connectivity index (χ1v) is 6.89. The number of hydrogen-bond acceptors (Lipinski definition) is 3. The minimum Gasteiger partial charge on any atom is -0.345 e. The maximum atomic E-state index is 13.2. The molecule has 0 atom stereocenters. The first kappa shape index (κ1) is 17.3. The van der Waals surface area contributed by atoms with Crippen LogP contribution in [0.15, 0.2) is 35.3 Å². The second-order valence-electron chi connectivity index (χ2n) is 5.34. The maximum absolute atomic E-state index is 13.2. The van der Waals surface area contributed by atoms with Gasteiger partial charge in [0.05, 0.1) is 5.56 Å². The molecule has 0 saturated heterocycles. The molecule has 1 N–H and O–H groups in total. The third-order valence-electron chi connectivity index (χ3n) is 3.27. The van der Waals surface area contributed by atoms with Crippen molar-refractivity contribution >= 4 is 17.5 Å². The lowest BCUT2D eigenvalue weighted by Gasteiger charge is -2.13. The summed E-state index contributed by atoms with van der Waals surface area (Å²) in [6.45, 7) is 0. The number of carbonyl (C=O) groups is 2. The molecule has 1 heterocycles. The van der Waals surface area contributed by atoms with E-state index < -0.39 is 23.1 Å². The van der Waals surface area contributed by atoms with Gasteiger partial charge in [-0.15, -0.1) is 0 Å². The van der Waals surface area contributed by atoms with Crippen molar-refractivity contribution in [3.63, 3.8) is 0 Å². The Hall–Kier alpha value is -3.03. The van der Waals surface area contributed by atoms with Gasteiger partial charge in [-0.2, -0.15) is 0 Å². The fourth-order valence-corrected chi connectivity index (χ4v) is 2.01. The Bertz CT molecular complexity index is 875. The van der Waals surface area contributed by atoms with Crippen LogP contribution in [-0.4, -0.2) is 35.4 Å². The van der Waals surface area contributed by atoms with Crippen LogP contribution in [0, 0.1) is 11.6 Å². The second-order valence-corrected chi connectivity index (χ2v) is 5.34. The molecule has 6 nitrogen and oxygen atoms in total. The summed E-state index contributed by atoms with van der Waals surface area (Å²) in [6.07, 6.45) is 1.35. The van der Waals surface area contributed by atoms with E-state index in [1.54, 1.807) is 14.1 Å². The molecule has 0 radical (unpaired) electrons. The number of amides is 2. The van der Waals surface area contributed by atoms with Crippen LogP contribution in [0.3, 0.4) is 0 Å². The topological polar surface area (TPSA) is 71.4 Å². The monoisotopic (exact) mass is 335 g/mol. The van der Waals surface area contributed by atoms with E-state index in [9.17, 15) is 23.2 Å². The molecule has 0 aliphatic carbocycles. The molecule has 126 valence electrons. The van der Waals surface area contributed by atoms with Crippen LogP contribution < -0.4 is 10.9 Å². The van der Waals surface area contributed by atoms with Crippen LogP contribution in [0.2, 0.25) is 0 Å². The van der Waals surface area contributed by atoms with Gasteiger partial charge in [0.25, 0.3) is 17.4 Å². The summed E-state index contributed by atoms with van der Waals surface area (Å²) in [5.74, 6) is -3.40. The number of nitrogens with one attached hydrogen (secondary N) is 1. The van der Waals surface area contributed by atoms with Crippen molar-refractivity contribution in [2.24, 2.45) is 7.05 Å². The highest BCUT2D eigenvalue weighted by Crippen LogP contribution is 2.12. The van der Waals surface area contributed by atoms with Gasteiger partial charge in [-0.05, 0) is 24.3 Å². The highest BCUT2D eigenvalue weighted by molar-refractivity contribution is 6.05. The standard InChI is InChI=1S/C16H15F2N3O3/c1-20(2)15(23)10-7-13(16(24)21(3)8-10)19-14(22)9-4-5-11(17)12(18)6-9/h4-8H,1-3H3,(H,19,22). The van der Waals surface area contributed by atoms with Gasteiger partial charge < -0.3 is 14.8 Å². The van der Waals surface area contributed by atoms with Gasteiger partial charge in [0.1, 0.15) is 5.69 Å². The van der Waals surface area contributed by atoms with E-state index in [1.165, 1.54) is 24.2 Å². The van der Waals surface area contributed by atoms with E-state index in [1.807, 2.05) is 0 Å². The lowest BCUT2D eigenvalue weighted by Crippen LogP contribution is -2.28. The zero-order valence-electron chi connectivity index (χ0n) is 13.3. The van der Waals surface area contributed by atoms with E-state index in [-0.39, 0.29) is 22.7 Å². The number of pyridine rings is 1. The van der Waals surface area contributed by atoms with Crippen LogP contribution in [0.4, 0.5) is 14.5 Å². The normalized spacial score (nSPS) is 10.4. The number of rotatable bonds is 3. The lowest BCUT2D eigenvalue weighted by molar-refractivity contribution is 0.0826. The molecule has 2 rings (SSSR count). The summed E-state index contributed by atoms with van der Waals surface area (Å²) >= 11 is 0. The summed E-state index contributed by atoms with van der Waals surface area (Å²) in [6, 6.07) is 3.87. The Morgan fingerprint density at radius 3 is 2.33 bits per heavy atom. The Balaban J connectivity index is 2.38. The molecule has 1 aromatic heterocycles. The van der Waals surface area contributed by atoms with Gasteiger partial charge in [0.2, 0.25) is 0 Å². The molecule has 2 amide bonds. The maximum Gasteiger partial charge on any atom is 0.274 e. The molecule has 0 aliphatic rings. The third-order valence-corrected chi connectivity index (χ3v) is 3.27. The summed E-state index contributed by atoms with van der Waals surface area (Å²) in [5, 5.41) is 2.32.